The second kappa shape index (κ2) is 6.05. The minimum atomic E-state index is -0.502. The van der Waals surface area contributed by atoms with Gasteiger partial charge in [0.15, 0.2) is 5.82 Å². The second-order valence-corrected chi connectivity index (χ2v) is 3.62. The van der Waals surface area contributed by atoms with Crippen molar-refractivity contribution in [1.29, 1.82) is 0 Å². The van der Waals surface area contributed by atoms with Crippen LogP contribution >= 0.6 is 11.6 Å². The molecule has 0 aromatic carbocycles. The van der Waals surface area contributed by atoms with Gasteiger partial charge in [0.2, 0.25) is 0 Å². The summed E-state index contributed by atoms with van der Waals surface area (Å²) < 4.78 is 0. The van der Waals surface area contributed by atoms with E-state index < -0.39 is 4.92 Å². The summed E-state index contributed by atoms with van der Waals surface area (Å²) in [6.07, 6.45) is 2.46. The minimum absolute atomic E-state index is 0.380. The molecule has 0 aliphatic rings. The number of nitrogens with one attached hydrogen (secondary N) is 1. The average Bonchev–Trinajstić information content (AvgIpc) is 2.28. The Hall–Kier alpha value is -1.82. The molecule has 0 saturated carbocycles. The maximum Gasteiger partial charge on any atom is 0.274 e. The van der Waals surface area contributed by atoms with Crippen LogP contribution in [0.15, 0.2) is 30.4 Å². The van der Waals surface area contributed by atoms with Gasteiger partial charge in [0.1, 0.15) is 5.15 Å². The Balaban J connectivity index is 2.95. The highest BCUT2D eigenvalue weighted by Crippen LogP contribution is 2.16. The summed E-state index contributed by atoms with van der Waals surface area (Å²) in [4.78, 5) is 15.6. The van der Waals surface area contributed by atoms with Gasteiger partial charge in [-0.1, -0.05) is 11.6 Å². The van der Waals surface area contributed by atoms with E-state index in [4.69, 9.17) is 11.6 Å². The highest BCUT2D eigenvalue weighted by atomic mass is 35.5. The lowest BCUT2D eigenvalue weighted by Crippen LogP contribution is -2.29. The van der Waals surface area contributed by atoms with E-state index in [1.54, 1.807) is 30.3 Å². The molecule has 1 aromatic rings. The summed E-state index contributed by atoms with van der Waals surface area (Å²) in [6.45, 7) is 2.45. The van der Waals surface area contributed by atoms with E-state index in [9.17, 15) is 10.1 Å². The number of aromatic nitrogens is 1. The lowest BCUT2D eigenvalue weighted by molar-refractivity contribution is -0.403. The Morgan fingerprint density at radius 3 is 2.88 bits per heavy atom. The normalized spacial score (nSPS) is 11.1. The smallest absolute Gasteiger partial charge is 0.274 e. The molecule has 1 N–H and O–H groups in total. The highest BCUT2D eigenvalue weighted by Gasteiger charge is 2.10. The highest BCUT2D eigenvalue weighted by molar-refractivity contribution is 6.29. The van der Waals surface area contributed by atoms with Crippen LogP contribution in [0.2, 0.25) is 5.15 Å². The van der Waals surface area contributed by atoms with Crippen LogP contribution in [-0.4, -0.2) is 23.5 Å². The van der Waals surface area contributed by atoms with Gasteiger partial charge in [-0.3, -0.25) is 10.1 Å². The average molecular weight is 257 g/mol. The topological polar surface area (TPSA) is 71.3 Å². The largest absolute Gasteiger partial charge is 0.367 e. The van der Waals surface area contributed by atoms with Crippen LogP contribution in [0.5, 0.6) is 0 Å². The van der Waals surface area contributed by atoms with Crippen molar-refractivity contribution in [2.45, 2.75) is 6.92 Å². The number of anilines is 1. The van der Waals surface area contributed by atoms with Gasteiger partial charge in [0, 0.05) is 13.6 Å². The monoisotopic (exact) mass is 256 g/mol. The third kappa shape index (κ3) is 3.92. The van der Waals surface area contributed by atoms with Crippen LogP contribution in [0, 0.1) is 10.1 Å². The molecular formula is C10H13ClN4O2. The van der Waals surface area contributed by atoms with Gasteiger partial charge < -0.3 is 10.2 Å². The molecule has 0 spiro atoms. The van der Waals surface area contributed by atoms with Crippen LogP contribution in [-0.2, 0) is 0 Å². The minimum Gasteiger partial charge on any atom is -0.367 e. The number of halogens is 1. The lowest BCUT2D eigenvalue weighted by atomic mass is 10.4. The third-order valence-corrected chi connectivity index (χ3v) is 2.27. The van der Waals surface area contributed by atoms with Gasteiger partial charge in [-0.05, 0) is 19.1 Å². The zero-order chi connectivity index (χ0) is 12.8. The van der Waals surface area contributed by atoms with Crippen molar-refractivity contribution in [1.82, 2.24) is 10.3 Å². The first-order valence-electron chi connectivity index (χ1n) is 4.99. The van der Waals surface area contributed by atoms with Gasteiger partial charge in [-0.2, -0.15) is 0 Å². The molecule has 1 aromatic heterocycles. The second-order valence-electron chi connectivity index (χ2n) is 3.23. The number of nitro groups is 1. The molecule has 0 atom stereocenters. The SMILES string of the molecule is CCNC(=C[N+](=O)[O-])N(C)c1ccc(Cl)nc1. The standard InChI is InChI=1S/C10H13ClN4O2/c1-3-12-10(7-15(16)17)14(2)8-4-5-9(11)13-6-8/h4-7,12H,3H2,1-2H3. The molecule has 1 rings (SSSR count). The van der Waals surface area contributed by atoms with Crippen LogP contribution in [0.1, 0.15) is 6.92 Å². The van der Waals surface area contributed by atoms with Crippen molar-refractivity contribution in [3.8, 4) is 0 Å². The van der Waals surface area contributed by atoms with Crippen molar-refractivity contribution < 1.29 is 4.92 Å². The first kappa shape index (κ1) is 13.2. The van der Waals surface area contributed by atoms with E-state index >= 15 is 0 Å². The van der Waals surface area contributed by atoms with Crippen LogP contribution < -0.4 is 10.2 Å². The van der Waals surface area contributed by atoms with E-state index in [1.165, 1.54) is 0 Å². The van der Waals surface area contributed by atoms with Gasteiger partial charge in [-0.15, -0.1) is 0 Å². The summed E-state index contributed by atoms with van der Waals surface area (Å²) in [5, 5.41) is 13.8. The third-order valence-electron chi connectivity index (χ3n) is 2.05. The molecule has 6 nitrogen and oxygen atoms in total. The molecule has 0 amide bonds. The van der Waals surface area contributed by atoms with Crippen LogP contribution in [0.4, 0.5) is 5.69 Å². The molecule has 0 fully saturated rings. The predicted octanol–water partition coefficient (Wildman–Crippen LogP) is 1.86. The van der Waals surface area contributed by atoms with E-state index in [0.29, 0.717) is 23.2 Å². The molecule has 92 valence electrons. The van der Waals surface area contributed by atoms with Crippen molar-refractivity contribution in [2.24, 2.45) is 0 Å². The van der Waals surface area contributed by atoms with Gasteiger partial charge in [0.05, 0.1) is 16.8 Å². The number of hydrogen-bond donors (Lipinski definition) is 1. The van der Waals surface area contributed by atoms with E-state index in [1.807, 2.05) is 6.92 Å². The van der Waals surface area contributed by atoms with Crippen molar-refractivity contribution in [2.75, 3.05) is 18.5 Å². The van der Waals surface area contributed by atoms with Crippen molar-refractivity contribution in [3.63, 3.8) is 0 Å². The van der Waals surface area contributed by atoms with Gasteiger partial charge in [-0.25, -0.2) is 4.98 Å². The molecule has 0 bridgehead atoms. The lowest BCUT2D eigenvalue weighted by Gasteiger charge is -2.20. The van der Waals surface area contributed by atoms with Gasteiger partial charge in [0.25, 0.3) is 6.20 Å². The van der Waals surface area contributed by atoms with Gasteiger partial charge >= 0.3 is 0 Å². The fraction of sp³-hybridized carbons (Fsp3) is 0.300. The predicted molar refractivity (Wildman–Crippen MR) is 66.4 cm³/mol. The zero-order valence-corrected chi connectivity index (χ0v) is 10.3. The summed E-state index contributed by atoms with van der Waals surface area (Å²) in [5.41, 5.74) is 0.712. The quantitative estimate of drug-likeness (QED) is 0.495. The fourth-order valence-electron chi connectivity index (χ4n) is 1.24. The molecule has 0 radical (unpaired) electrons. The Morgan fingerprint density at radius 1 is 1.71 bits per heavy atom. The van der Waals surface area contributed by atoms with Crippen LogP contribution in [0.3, 0.4) is 0 Å². The maximum atomic E-state index is 10.5. The molecule has 0 saturated heterocycles. The number of rotatable bonds is 5. The first-order valence-corrected chi connectivity index (χ1v) is 5.37. The molecular weight excluding hydrogens is 244 g/mol. The Kier molecular flexibility index (Phi) is 4.71. The summed E-state index contributed by atoms with van der Waals surface area (Å²) in [5.74, 6) is 0.390. The fourth-order valence-corrected chi connectivity index (χ4v) is 1.35. The Labute approximate surface area is 104 Å². The van der Waals surface area contributed by atoms with Crippen molar-refractivity contribution in [3.05, 3.63) is 45.6 Å². The van der Waals surface area contributed by atoms with E-state index in [0.717, 1.165) is 6.20 Å². The zero-order valence-electron chi connectivity index (χ0n) is 9.55. The molecule has 17 heavy (non-hydrogen) atoms. The summed E-state index contributed by atoms with van der Waals surface area (Å²) >= 11 is 5.67. The Bertz CT molecular complexity index is 419. The maximum absolute atomic E-state index is 10.5. The number of hydrogen-bond acceptors (Lipinski definition) is 5. The van der Waals surface area contributed by atoms with E-state index in [2.05, 4.69) is 10.3 Å². The molecule has 1 heterocycles. The number of nitrogens with zero attached hydrogens (tertiary/aromatic N) is 3. The Morgan fingerprint density at radius 2 is 2.41 bits per heavy atom. The molecule has 0 aliphatic heterocycles. The summed E-state index contributed by atoms with van der Waals surface area (Å²) in [6, 6.07) is 3.36. The molecule has 0 unspecified atom stereocenters. The first-order chi connectivity index (χ1) is 8.04. The summed E-state index contributed by atoms with van der Waals surface area (Å²) in [7, 11) is 1.71. The van der Waals surface area contributed by atoms with Crippen molar-refractivity contribution >= 4 is 17.3 Å². The van der Waals surface area contributed by atoms with Crippen LogP contribution in [0.25, 0.3) is 0 Å². The molecule has 7 heteroatoms. The molecule has 0 aliphatic carbocycles. The van der Waals surface area contributed by atoms with E-state index in [-0.39, 0.29) is 0 Å². The number of pyridine rings is 1.